The molecule has 0 unspecified atom stereocenters. The molecule has 1 aromatic carbocycles. The molecular weight excluding hydrogens is 516 g/mol. The Morgan fingerprint density at radius 3 is 2.23 bits per heavy atom. The number of benzene rings is 1. The molecule has 0 saturated heterocycles. The molecular formula is C21H35FIN5O3. The van der Waals surface area contributed by atoms with Crippen LogP contribution in [0.1, 0.15) is 50.5 Å². The SMILES string of the molecule is CN=C(NCCNC(=O)c1ccc(C)c(F)c1)NCC(C)(C)NC(=O)OC(C)(C)C.I. The van der Waals surface area contributed by atoms with Crippen molar-refractivity contribution >= 4 is 41.9 Å². The van der Waals surface area contributed by atoms with Crippen LogP contribution in [-0.2, 0) is 4.74 Å². The molecule has 0 aromatic heterocycles. The molecule has 31 heavy (non-hydrogen) atoms. The number of hydrogen-bond acceptors (Lipinski definition) is 4. The Morgan fingerprint density at radius 2 is 1.68 bits per heavy atom. The van der Waals surface area contributed by atoms with Crippen LogP contribution in [0.3, 0.4) is 0 Å². The van der Waals surface area contributed by atoms with Gasteiger partial charge in [-0.3, -0.25) is 9.79 Å². The quantitative estimate of drug-likeness (QED) is 0.181. The van der Waals surface area contributed by atoms with Gasteiger partial charge in [0.05, 0.1) is 5.54 Å². The van der Waals surface area contributed by atoms with Gasteiger partial charge in [0.15, 0.2) is 5.96 Å². The average molecular weight is 551 g/mol. The Bertz CT molecular complexity index is 779. The maximum absolute atomic E-state index is 13.6. The van der Waals surface area contributed by atoms with Gasteiger partial charge in [0.1, 0.15) is 11.4 Å². The van der Waals surface area contributed by atoms with Gasteiger partial charge in [-0.15, -0.1) is 24.0 Å². The number of carbonyl (C=O) groups is 2. The van der Waals surface area contributed by atoms with Gasteiger partial charge in [-0.2, -0.15) is 0 Å². The van der Waals surface area contributed by atoms with E-state index in [2.05, 4.69) is 26.3 Å². The average Bonchev–Trinajstić information content (AvgIpc) is 2.61. The summed E-state index contributed by atoms with van der Waals surface area (Å²) in [6.45, 7) is 11.9. The van der Waals surface area contributed by atoms with Crippen LogP contribution in [0.4, 0.5) is 9.18 Å². The highest BCUT2D eigenvalue weighted by Crippen LogP contribution is 2.10. The molecule has 2 amide bonds. The number of rotatable bonds is 7. The second-order valence-electron chi connectivity index (χ2n) is 8.58. The second kappa shape index (κ2) is 12.7. The summed E-state index contributed by atoms with van der Waals surface area (Å²) in [5.41, 5.74) is -0.383. The van der Waals surface area contributed by atoms with Gasteiger partial charge in [0.2, 0.25) is 0 Å². The number of nitrogens with zero attached hydrogens (tertiary/aromatic N) is 1. The molecule has 0 heterocycles. The molecule has 0 radical (unpaired) electrons. The lowest BCUT2D eigenvalue weighted by molar-refractivity contribution is 0.0473. The molecule has 0 bridgehead atoms. The van der Waals surface area contributed by atoms with Crippen LogP contribution >= 0.6 is 24.0 Å². The Labute approximate surface area is 201 Å². The van der Waals surface area contributed by atoms with Crippen molar-refractivity contribution < 1.29 is 18.7 Å². The number of nitrogens with one attached hydrogen (secondary N) is 4. The van der Waals surface area contributed by atoms with E-state index in [-0.39, 0.29) is 35.4 Å². The minimum absolute atomic E-state index is 0. The number of guanidine groups is 1. The number of alkyl carbamates (subject to hydrolysis) is 1. The summed E-state index contributed by atoms with van der Waals surface area (Å²) in [4.78, 5) is 28.1. The standard InChI is InChI=1S/C21H34FN5O3.HI/c1-14-8-9-15(12-16(14)22)17(28)24-10-11-25-18(23-7)26-13-21(5,6)27-19(29)30-20(2,3)4;/h8-9,12H,10-11,13H2,1-7H3,(H,24,28)(H,27,29)(H2,23,25,26);1H. The number of halogens is 2. The molecule has 0 spiro atoms. The predicted octanol–water partition coefficient (Wildman–Crippen LogP) is 2.95. The summed E-state index contributed by atoms with van der Waals surface area (Å²) in [6.07, 6.45) is -0.493. The van der Waals surface area contributed by atoms with Crippen molar-refractivity contribution in [3.05, 3.63) is 35.1 Å². The van der Waals surface area contributed by atoms with Crippen LogP contribution in [0, 0.1) is 12.7 Å². The van der Waals surface area contributed by atoms with Crippen molar-refractivity contribution in [2.75, 3.05) is 26.7 Å². The molecule has 0 aliphatic heterocycles. The minimum Gasteiger partial charge on any atom is -0.444 e. The third-order valence-corrected chi connectivity index (χ3v) is 3.90. The molecule has 8 nitrogen and oxygen atoms in total. The molecule has 0 atom stereocenters. The maximum atomic E-state index is 13.6. The van der Waals surface area contributed by atoms with Crippen molar-refractivity contribution in [2.45, 2.75) is 52.7 Å². The first-order valence-electron chi connectivity index (χ1n) is 9.83. The Balaban J connectivity index is 0.00000900. The van der Waals surface area contributed by atoms with E-state index in [1.54, 1.807) is 46.9 Å². The van der Waals surface area contributed by atoms with Crippen molar-refractivity contribution in [1.82, 2.24) is 21.3 Å². The normalized spacial score (nSPS) is 11.8. The Morgan fingerprint density at radius 1 is 1.06 bits per heavy atom. The Kier molecular flexibility index (Phi) is 11.8. The van der Waals surface area contributed by atoms with E-state index in [1.165, 1.54) is 6.07 Å². The van der Waals surface area contributed by atoms with Crippen molar-refractivity contribution in [2.24, 2.45) is 4.99 Å². The highest BCUT2D eigenvalue weighted by Gasteiger charge is 2.24. The second-order valence-corrected chi connectivity index (χ2v) is 8.58. The van der Waals surface area contributed by atoms with Gasteiger partial charge < -0.3 is 26.0 Å². The fourth-order valence-corrected chi connectivity index (χ4v) is 2.34. The number of carbonyl (C=O) groups excluding carboxylic acids is 2. The molecule has 0 aliphatic rings. The number of amides is 2. The van der Waals surface area contributed by atoms with Gasteiger partial charge in [-0.05, 0) is 59.2 Å². The van der Waals surface area contributed by atoms with E-state index >= 15 is 0 Å². The molecule has 10 heteroatoms. The van der Waals surface area contributed by atoms with E-state index < -0.39 is 23.1 Å². The van der Waals surface area contributed by atoms with Gasteiger partial charge in [0, 0.05) is 32.2 Å². The van der Waals surface area contributed by atoms with Gasteiger partial charge in [0.25, 0.3) is 5.91 Å². The first kappa shape index (κ1) is 28.9. The zero-order valence-corrected chi connectivity index (χ0v) is 21.6. The monoisotopic (exact) mass is 551 g/mol. The number of hydrogen-bond donors (Lipinski definition) is 4. The molecule has 0 aliphatic carbocycles. The van der Waals surface area contributed by atoms with Crippen molar-refractivity contribution in [1.29, 1.82) is 0 Å². The largest absolute Gasteiger partial charge is 0.444 e. The first-order chi connectivity index (χ1) is 13.8. The topological polar surface area (TPSA) is 104 Å². The minimum atomic E-state index is -0.580. The fourth-order valence-electron chi connectivity index (χ4n) is 2.34. The third-order valence-electron chi connectivity index (χ3n) is 3.90. The molecule has 1 aromatic rings. The molecule has 4 N–H and O–H groups in total. The van der Waals surface area contributed by atoms with Gasteiger partial charge >= 0.3 is 6.09 Å². The van der Waals surface area contributed by atoms with Crippen LogP contribution in [0.5, 0.6) is 0 Å². The lowest BCUT2D eigenvalue weighted by Gasteiger charge is -2.29. The summed E-state index contributed by atoms with van der Waals surface area (Å²) in [7, 11) is 1.62. The lowest BCUT2D eigenvalue weighted by atomic mass is 10.1. The highest BCUT2D eigenvalue weighted by atomic mass is 127. The van der Waals surface area contributed by atoms with Crippen LogP contribution in [0.25, 0.3) is 0 Å². The first-order valence-corrected chi connectivity index (χ1v) is 9.83. The molecule has 0 fully saturated rings. The van der Waals surface area contributed by atoms with Gasteiger partial charge in [-0.1, -0.05) is 6.07 Å². The summed E-state index contributed by atoms with van der Waals surface area (Å²) in [5, 5.41) is 11.7. The van der Waals surface area contributed by atoms with Crippen molar-refractivity contribution in [3.8, 4) is 0 Å². The van der Waals surface area contributed by atoms with Crippen molar-refractivity contribution in [3.63, 3.8) is 0 Å². The zero-order chi connectivity index (χ0) is 22.9. The van der Waals surface area contributed by atoms with Crippen LogP contribution in [-0.4, -0.2) is 55.8 Å². The molecule has 0 saturated carbocycles. The Hall–Kier alpha value is -2.11. The number of ether oxygens (including phenoxy) is 1. The maximum Gasteiger partial charge on any atom is 0.408 e. The molecule has 176 valence electrons. The van der Waals surface area contributed by atoms with E-state index in [0.717, 1.165) is 0 Å². The highest BCUT2D eigenvalue weighted by molar-refractivity contribution is 14.0. The van der Waals surface area contributed by atoms with Crippen LogP contribution in [0.2, 0.25) is 0 Å². The lowest BCUT2D eigenvalue weighted by Crippen LogP contribution is -2.54. The number of aliphatic imine (C=N–C) groups is 1. The summed E-state index contributed by atoms with van der Waals surface area (Å²) in [6, 6.07) is 4.38. The van der Waals surface area contributed by atoms with E-state index in [0.29, 0.717) is 31.2 Å². The fraction of sp³-hybridized carbons (Fsp3) is 0.571. The van der Waals surface area contributed by atoms with Crippen LogP contribution in [0.15, 0.2) is 23.2 Å². The van der Waals surface area contributed by atoms with E-state index in [4.69, 9.17) is 4.74 Å². The smallest absolute Gasteiger partial charge is 0.408 e. The summed E-state index contributed by atoms with van der Waals surface area (Å²) in [5.74, 6) is -0.237. The summed E-state index contributed by atoms with van der Waals surface area (Å²) < 4.78 is 18.8. The van der Waals surface area contributed by atoms with E-state index in [1.807, 2.05) is 13.8 Å². The number of aryl methyl sites for hydroxylation is 1. The zero-order valence-electron chi connectivity index (χ0n) is 19.3. The third kappa shape index (κ3) is 11.7. The van der Waals surface area contributed by atoms with Crippen LogP contribution < -0.4 is 21.3 Å². The predicted molar refractivity (Wildman–Crippen MR) is 132 cm³/mol. The molecule has 1 rings (SSSR count). The van der Waals surface area contributed by atoms with E-state index in [9.17, 15) is 14.0 Å². The summed E-state index contributed by atoms with van der Waals surface area (Å²) >= 11 is 0. The van der Waals surface area contributed by atoms with Gasteiger partial charge in [-0.25, -0.2) is 9.18 Å².